The third-order valence-corrected chi connectivity index (χ3v) is 4.20. The molecule has 0 radical (unpaired) electrons. The predicted octanol–water partition coefficient (Wildman–Crippen LogP) is 1.22. The van der Waals surface area contributed by atoms with Crippen molar-refractivity contribution in [2.24, 2.45) is 11.7 Å². The standard InChI is InChI=1S/C21H40N4O6/c1-8-23-16(13(2)3)17(26)25-14(4)18(27)30-19(28)15(22)11-9-10-12-24-20(29)31-21(5,6)7/h13-16,23H,8-12,22H2,1-7H3,(H,24,29)(H,25,26)/t14-,15-,16-/m0/s1. The van der Waals surface area contributed by atoms with Gasteiger partial charge in [0, 0.05) is 6.54 Å². The molecule has 0 heterocycles. The first kappa shape index (κ1) is 28.8. The molecule has 0 aliphatic rings. The monoisotopic (exact) mass is 444 g/mol. The van der Waals surface area contributed by atoms with Crippen LogP contribution in [0.2, 0.25) is 0 Å². The van der Waals surface area contributed by atoms with Gasteiger partial charge in [-0.15, -0.1) is 0 Å². The number of nitrogens with one attached hydrogen (secondary N) is 3. The van der Waals surface area contributed by atoms with Crippen molar-refractivity contribution in [2.45, 2.75) is 91.5 Å². The van der Waals surface area contributed by atoms with Crippen molar-refractivity contribution in [1.82, 2.24) is 16.0 Å². The molecular weight excluding hydrogens is 404 g/mol. The van der Waals surface area contributed by atoms with Gasteiger partial charge in [-0.3, -0.25) is 4.79 Å². The molecule has 3 atom stereocenters. The zero-order valence-corrected chi connectivity index (χ0v) is 19.9. The summed E-state index contributed by atoms with van der Waals surface area (Å²) >= 11 is 0. The number of carbonyl (C=O) groups excluding carboxylic acids is 4. The van der Waals surface area contributed by atoms with Crippen LogP contribution in [0.15, 0.2) is 0 Å². The fourth-order valence-electron chi connectivity index (χ4n) is 2.59. The Labute approximate surface area is 185 Å². The van der Waals surface area contributed by atoms with E-state index in [1.807, 2.05) is 20.8 Å². The molecule has 0 saturated carbocycles. The van der Waals surface area contributed by atoms with Crippen LogP contribution in [0.1, 0.15) is 67.7 Å². The highest BCUT2D eigenvalue weighted by atomic mass is 16.6. The van der Waals surface area contributed by atoms with Crippen LogP contribution >= 0.6 is 0 Å². The molecule has 5 N–H and O–H groups in total. The second kappa shape index (κ2) is 14.0. The molecule has 0 unspecified atom stereocenters. The number of nitrogens with two attached hydrogens (primary N) is 1. The summed E-state index contributed by atoms with van der Waals surface area (Å²) < 4.78 is 9.92. The Morgan fingerprint density at radius 3 is 2.13 bits per heavy atom. The third kappa shape index (κ3) is 13.0. The number of ether oxygens (including phenoxy) is 2. The van der Waals surface area contributed by atoms with Gasteiger partial charge >= 0.3 is 18.0 Å². The van der Waals surface area contributed by atoms with Crippen LogP contribution in [-0.2, 0) is 23.9 Å². The maximum Gasteiger partial charge on any atom is 0.407 e. The van der Waals surface area contributed by atoms with Crippen molar-refractivity contribution in [3.8, 4) is 0 Å². The lowest BCUT2D eigenvalue weighted by Gasteiger charge is -2.23. The van der Waals surface area contributed by atoms with Crippen molar-refractivity contribution in [2.75, 3.05) is 13.1 Å². The highest BCUT2D eigenvalue weighted by molar-refractivity contribution is 5.93. The van der Waals surface area contributed by atoms with E-state index in [4.69, 9.17) is 15.2 Å². The number of rotatable bonds is 12. The van der Waals surface area contributed by atoms with Crippen molar-refractivity contribution in [3.05, 3.63) is 0 Å². The van der Waals surface area contributed by atoms with E-state index in [2.05, 4.69) is 16.0 Å². The molecule has 0 spiro atoms. The molecule has 0 rings (SSSR count). The molecule has 0 aliphatic carbocycles. The maximum atomic E-state index is 12.3. The summed E-state index contributed by atoms with van der Waals surface area (Å²) in [4.78, 5) is 48.0. The van der Waals surface area contributed by atoms with E-state index < -0.39 is 41.8 Å². The van der Waals surface area contributed by atoms with Gasteiger partial charge in [-0.2, -0.15) is 0 Å². The number of alkyl carbamates (subject to hydrolysis) is 1. The first-order valence-electron chi connectivity index (χ1n) is 10.8. The average molecular weight is 445 g/mol. The Morgan fingerprint density at radius 1 is 1.00 bits per heavy atom. The lowest BCUT2D eigenvalue weighted by Crippen LogP contribution is -2.52. The van der Waals surface area contributed by atoms with E-state index >= 15 is 0 Å². The topological polar surface area (TPSA) is 149 Å². The summed E-state index contributed by atoms with van der Waals surface area (Å²) in [6, 6.07) is -2.41. The molecule has 0 aromatic carbocycles. The summed E-state index contributed by atoms with van der Waals surface area (Å²) in [7, 11) is 0. The Bertz CT molecular complexity index is 603. The minimum atomic E-state index is -0.985. The van der Waals surface area contributed by atoms with E-state index in [0.29, 0.717) is 32.4 Å². The smallest absolute Gasteiger partial charge is 0.407 e. The molecule has 2 amide bonds. The van der Waals surface area contributed by atoms with Gasteiger partial charge in [0.25, 0.3) is 0 Å². The van der Waals surface area contributed by atoms with Crippen LogP contribution < -0.4 is 21.7 Å². The van der Waals surface area contributed by atoms with Gasteiger partial charge in [0.1, 0.15) is 17.7 Å². The molecule has 0 saturated heterocycles. The van der Waals surface area contributed by atoms with Gasteiger partial charge in [0.15, 0.2) is 0 Å². The molecule has 10 heteroatoms. The Hall–Kier alpha value is -2.20. The fourth-order valence-corrected chi connectivity index (χ4v) is 2.59. The van der Waals surface area contributed by atoms with Gasteiger partial charge in [-0.25, -0.2) is 14.4 Å². The summed E-state index contributed by atoms with van der Waals surface area (Å²) in [5, 5.41) is 8.22. The normalized spacial score (nSPS) is 14.4. The molecule has 0 bridgehead atoms. The van der Waals surface area contributed by atoms with Gasteiger partial charge in [0.05, 0.1) is 6.04 Å². The molecule has 180 valence electrons. The fraction of sp³-hybridized carbons (Fsp3) is 0.810. The summed E-state index contributed by atoms with van der Waals surface area (Å²) in [5.41, 5.74) is 5.22. The minimum Gasteiger partial charge on any atom is -0.444 e. The first-order valence-corrected chi connectivity index (χ1v) is 10.8. The van der Waals surface area contributed by atoms with Crippen LogP contribution in [0.25, 0.3) is 0 Å². The number of hydrogen-bond donors (Lipinski definition) is 4. The number of amides is 2. The van der Waals surface area contributed by atoms with Crippen LogP contribution in [0.4, 0.5) is 4.79 Å². The zero-order valence-electron chi connectivity index (χ0n) is 19.9. The second-order valence-electron chi connectivity index (χ2n) is 8.78. The minimum absolute atomic E-state index is 0.0306. The molecule has 10 nitrogen and oxygen atoms in total. The van der Waals surface area contributed by atoms with Crippen molar-refractivity contribution < 1.29 is 28.7 Å². The van der Waals surface area contributed by atoms with Crippen molar-refractivity contribution in [1.29, 1.82) is 0 Å². The number of likely N-dealkylation sites (N-methyl/N-ethyl adjacent to an activating group) is 1. The lowest BCUT2D eigenvalue weighted by molar-refractivity contribution is -0.162. The third-order valence-electron chi connectivity index (χ3n) is 4.20. The van der Waals surface area contributed by atoms with E-state index in [1.54, 1.807) is 20.8 Å². The van der Waals surface area contributed by atoms with Crippen molar-refractivity contribution in [3.63, 3.8) is 0 Å². The summed E-state index contributed by atoms with van der Waals surface area (Å²) in [5.74, 6) is -2.02. The summed E-state index contributed by atoms with van der Waals surface area (Å²) in [6.45, 7) is 13.4. The Morgan fingerprint density at radius 2 is 1.61 bits per heavy atom. The largest absolute Gasteiger partial charge is 0.444 e. The highest BCUT2D eigenvalue weighted by Crippen LogP contribution is 2.07. The first-order chi connectivity index (χ1) is 14.3. The Kier molecular flexibility index (Phi) is 13.0. The number of carbonyl (C=O) groups is 4. The Balaban J connectivity index is 4.28. The number of unbranched alkanes of at least 4 members (excludes halogenated alkanes) is 1. The van der Waals surface area contributed by atoms with Crippen LogP contribution in [0, 0.1) is 5.92 Å². The molecular formula is C21H40N4O6. The van der Waals surface area contributed by atoms with Crippen LogP contribution in [-0.4, -0.2) is 60.8 Å². The number of esters is 2. The van der Waals surface area contributed by atoms with E-state index in [0.717, 1.165) is 0 Å². The molecule has 0 fully saturated rings. The zero-order chi connectivity index (χ0) is 24.2. The van der Waals surface area contributed by atoms with Gasteiger partial charge in [-0.05, 0) is 59.4 Å². The molecule has 0 aromatic rings. The number of hydrogen-bond acceptors (Lipinski definition) is 8. The van der Waals surface area contributed by atoms with E-state index in [9.17, 15) is 19.2 Å². The van der Waals surface area contributed by atoms with Crippen molar-refractivity contribution >= 4 is 23.9 Å². The van der Waals surface area contributed by atoms with Crippen LogP contribution in [0.5, 0.6) is 0 Å². The van der Waals surface area contributed by atoms with Gasteiger partial charge in [0.2, 0.25) is 5.91 Å². The maximum absolute atomic E-state index is 12.3. The second-order valence-corrected chi connectivity index (χ2v) is 8.78. The van der Waals surface area contributed by atoms with Gasteiger partial charge in [-0.1, -0.05) is 20.8 Å². The van der Waals surface area contributed by atoms with Gasteiger partial charge < -0.3 is 31.2 Å². The quantitative estimate of drug-likeness (QED) is 0.199. The lowest BCUT2D eigenvalue weighted by atomic mass is 10.0. The van der Waals surface area contributed by atoms with Crippen LogP contribution in [0.3, 0.4) is 0 Å². The highest BCUT2D eigenvalue weighted by Gasteiger charge is 2.27. The molecule has 31 heavy (non-hydrogen) atoms. The SMILES string of the molecule is CCN[C@H](C(=O)N[C@@H](C)C(=O)OC(=O)[C@@H](N)CCCCNC(=O)OC(C)(C)C)C(C)C. The predicted molar refractivity (Wildman–Crippen MR) is 117 cm³/mol. The molecule has 0 aromatic heterocycles. The van der Waals surface area contributed by atoms with E-state index in [-0.39, 0.29) is 11.8 Å². The average Bonchev–Trinajstić information content (AvgIpc) is 2.63. The van der Waals surface area contributed by atoms with E-state index in [1.165, 1.54) is 6.92 Å². The molecule has 0 aliphatic heterocycles. The summed E-state index contributed by atoms with van der Waals surface area (Å²) in [6.07, 6.45) is 0.915.